The Kier molecular flexibility index (Phi) is 6.26. The number of nitrogens with zero attached hydrogens (tertiary/aromatic N) is 3. The molecule has 0 unspecified atom stereocenters. The highest BCUT2D eigenvalue weighted by Crippen LogP contribution is 2.28. The Morgan fingerprint density at radius 1 is 1.21 bits per heavy atom. The van der Waals surface area contributed by atoms with E-state index in [1.165, 1.54) is 5.56 Å². The zero-order valence-electron chi connectivity index (χ0n) is 16.5. The lowest BCUT2D eigenvalue weighted by molar-refractivity contribution is 0.284. The molecule has 1 aromatic heterocycles. The summed E-state index contributed by atoms with van der Waals surface area (Å²) < 4.78 is 13.5. The second-order valence-electron chi connectivity index (χ2n) is 6.79. The number of aromatic amines is 1. The Hall–Kier alpha value is -2.93. The summed E-state index contributed by atoms with van der Waals surface area (Å²) in [6.07, 6.45) is 1.73. The smallest absolute Gasteiger partial charge is 0.216 e. The Morgan fingerprint density at radius 2 is 2.04 bits per heavy atom. The molecule has 28 heavy (non-hydrogen) atoms. The van der Waals surface area contributed by atoms with Crippen LogP contribution >= 0.6 is 12.2 Å². The van der Waals surface area contributed by atoms with Crippen molar-refractivity contribution < 1.29 is 9.47 Å². The summed E-state index contributed by atoms with van der Waals surface area (Å²) in [5.41, 5.74) is 3.19. The summed E-state index contributed by atoms with van der Waals surface area (Å²) >= 11 is 5.25. The van der Waals surface area contributed by atoms with Gasteiger partial charge in [-0.05, 0) is 48.5 Å². The Morgan fingerprint density at radius 3 is 2.75 bits per heavy atom. The first-order valence-electron chi connectivity index (χ1n) is 9.06. The van der Waals surface area contributed by atoms with E-state index >= 15 is 0 Å². The molecular formula is C21H24N4O2S. The van der Waals surface area contributed by atoms with Crippen molar-refractivity contribution in [2.45, 2.75) is 33.3 Å². The maximum atomic E-state index is 5.94. The van der Waals surface area contributed by atoms with Crippen molar-refractivity contribution in [1.29, 1.82) is 0 Å². The van der Waals surface area contributed by atoms with Crippen molar-refractivity contribution in [1.82, 2.24) is 14.9 Å². The Balaban J connectivity index is 1.78. The quantitative estimate of drug-likeness (QED) is 0.458. The van der Waals surface area contributed by atoms with Gasteiger partial charge in [0.25, 0.3) is 0 Å². The zero-order valence-corrected chi connectivity index (χ0v) is 17.3. The molecule has 0 fully saturated rings. The number of nitrogens with one attached hydrogen (secondary N) is 1. The summed E-state index contributed by atoms with van der Waals surface area (Å²) in [6, 6.07) is 13.9. The van der Waals surface area contributed by atoms with E-state index in [4.69, 9.17) is 21.7 Å². The normalized spacial score (nSPS) is 11.3. The molecule has 0 aliphatic carbocycles. The van der Waals surface area contributed by atoms with E-state index in [2.05, 4.69) is 34.4 Å². The SMILES string of the molecule is COc1cc(/C=N/n2c(C(C)C)n[nH]c2=S)ccc1OCc1cccc(C)c1. The largest absolute Gasteiger partial charge is 0.493 e. The van der Waals surface area contributed by atoms with Crippen LogP contribution in [-0.2, 0) is 6.61 Å². The van der Waals surface area contributed by atoms with Gasteiger partial charge in [0, 0.05) is 5.92 Å². The third-order valence-electron chi connectivity index (χ3n) is 4.18. The Bertz CT molecular complexity index is 1040. The number of aryl methyl sites for hydroxylation is 1. The predicted molar refractivity (Wildman–Crippen MR) is 113 cm³/mol. The molecule has 0 aliphatic rings. The highest BCUT2D eigenvalue weighted by Gasteiger charge is 2.09. The first-order valence-corrected chi connectivity index (χ1v) is 9.47. The summed E-state index contributed by atoms with van der Waals surface area (Å²) in [5.74, 6) is 2.32. The standard InChI is InChI=1S/C21H24N4O2S/c1-14(2)20-23-24-21(28)25(20)22-12-16-8-9-18(19(11-16)26-4)27-13-17-7-5-6-15(3)10-17/h5-12,14H,13H2,1-4H3,(H,24,28)/b22-12+. The molecule has 0 spiro atoms. The van der Waals surface area contributed by atoms with E-state index in [0.29, 0.717) is 22.9 Å². The topological polar surface area (TPSA) is 64.4 Å². The van der Waals surface area contributed by atoms with Crippen LogP contribution in [0, 0.1) is 11.7 Å². The fourth-order valence-electron chi connectivity index (χ4n) is 2.76. The molecule has 1 heterocycles. The minimum Gasteiger partial charge on any atom is -0.493 e. The molecule has 0 atom stereocenters. The average molecular weight is 397 g/mol. The Labute approximate surface area is 169 Å². The van der Waals surface area contributed by atoms with Crippen molar-refractivity contribution in [3.05, 3.63) is 69.8 Å². The molecule has 0 saturated heterocycles. The van der Waals surface area contributed by atoms with Gasteiger partial charge in [0.15, 0.2) is 17.3 Å². The first kappa shape index (κ1) is 19.8. The van der Waals surface area contributed by atoms with Gasteiger partial charge >= 0.3 is 0 Å². The van der Waals surface area contributed by atoms with E-state index in [0.717, 1.165) is 17.0 Å². The van der Waals surface area contributed by atoms with Crippen molar-refractivity contribution in [3.8, 4) is 11.5 Å². The maximum absolute atomic E-state index is 5.94. The molecule has 3 aromatic rings. The summed E-state index contributed by atoms with van der Waals surface area (Å²) in [6.45, 7) is 6.63. The summed E-state index contributed by atoms with van der Waals surface area (Å²) in [7, 11) is 1.62. The molecule has 0 saturated carbocycles. The molecule has 3 rings (SSSR count). The number of aromatic nitrogens is 3. The highest BCUT2D eigenvalue weighted by molar-refractivity contribution is 7.71. The van der Waals surface area contributed by atoms with Gasteiger partial charge in [-0.2, -0.15) is 14.9 Å². The van der Waals surface area contributed by atoms with Crippen molar-refractivity contribution in [3.63, 3.8) is 0 Å². The minimum absolute atomic E-state index is 0.206. The van der Waals surface area contributed by atoms with Crippen molar-refractivity contribution in [2.75, 3.05) is 7.11 Å². The van der Waals surface area contributed by atoms with Gasteiger partial charge in [0.05, 0.1) is 13.3 Å². The highest BCUT2D eigenvalue weighted by atomic mass is 32.1. The number of rotatable bonds is 7. The van der Waals surface area contributed by atoms with Crippen LogP contribution in [0.25, 0.3) is 0 Å². The van der Waals surface area contributed by atoms with Gasteiger partial charge < -0.3 is 9.47 Å². The number of hydrogen-bond acceptors (Lipinski definition) is 5. The van der Waals surface area contributed by atoms with Crippen LogP contribution < -0.4 is 9.47 Å². The second-order valence-corrected chi connectivity index (χ2v) is 7.17. The third-order valence-corrected chi connectivity index (χ3v) is 4.44. The van der Waals surface area contributed by atoms with Crippen LogP contribution in [0.2, 0.25) is 0 Å². The van der Waals surface area contributed by atoms with Crippen LogP contribution in [0.15, 0.2) is 47.6 Å². The van der Waals surface area contributed by atoms with Crippen LogP contribution in [0.3, 0.4) is 0 Å². The molecule has 6 nitrogen and oxygen atoms in total. The number of methoxy groups -OCH3 is 1. The fraction of sp³-hybridized carbons (Fsp3) is 0.286. The van der Waals surface area contributed by atoms with E-state index in [-0.39, 0.29) is 5.92 Å². The van der Waals surface area contributed by atoms with Gasteiger partial charge in [0.1, 0.15) is 6.61 Å². The predicted octanol–water partition coefficient (Wildman–Crippen LogP) is 4.84. The lowest BCUT2D eigenvalue weighted by atomic mass is 10.1. The third kappa shape index (κ3) is 4.67. The van der Waals surface area contributed by atoms with Gasteiger partial charge in [-0.25, -0.2) is 0 Å². The molecular weight excluding hydrogens is 372 g/mol. The van der Waals surface area contributed by atoms with Gasteiger partial charge in [-0.1, -0.05) is 43.7 Å². The van der Waals surface area contributed by atoms with Gasteiger partial charge in [-0.3, -0.25) is 5.10 Å². The molecule has 0 aliphatic heterocycles. The van der Waals surface area contributed by atoms with E-state index in [1.807, 2.05) is 44.2 Å². The molecule has 2 aromatic carbocycles. The first-order chi connectivity index (χ1) is 13.5. The maximum Gasteiger partial charge on any atom is 0.216 e. The molecule has 7 heteroatoms. The molecule has 0 bridgehead atoms. The summed E-state index contributed by atoms with van der Waals surface area (Å²) in [4.78, 5) is 0. The number of benzene rings is 2. The molecule has 0 radical (unpaired) electrons. The lowest BCUT2D eigenvalue weighted by Crippen LogP contribution is -2.01. The van der Waals surface area contributed by atoms with Crippen LogP contribution in [0.1, 0.15) is 42.3 Å². The molecule has 1 N–H and O–H groups in total. The zero-order chi connectivity index (χ0) is 20.1. The van der Waals surface area contributed by atoms with E-state index in [9.17, 15) is 0 Å². The fourth-order valence-corrected chi connectivity index (χ4v) is 2.95. The number of hydrogen-bond donors (Lipinski definition) is 1. The molecule has 146 valence electrons. The van der Waals surface area contributed by atoms with Crippen molar-refractivity contribution in [2.24, 2.45) is 5.10 Å². The van der Waals surface area contributed by atoms with Gasteiger partial charge in [0.2, 0.25) is 4.77 Å². The van der Waals surface area contributed by atoms with E-state index < -0.39 is 0 Å². The van der Waals surface area contributed by atoms with Gasteiger partial charge in [-0.15, -0.1) is 0 Å². The van der Waals surface area contributed by atoms with Crippen LogP contribution in [0.5, 0.6) is 11.5 Å². The average Bonchev–Trinajstić information content (AvgIpc) is 3.05. The number of H-pyrrole nitrogens is 1. The number of ether oxygens (including phenoxy) is 2. The van der Waals surface area contributed by atoms with Crippen molar-refractivity contribution >= 4 is 18.4 Å². The lowest BCUT2D eigenvalue weighted by Gasteiger charge is -2.11. The second kappa shape index (κ2) is 8.84. The monoisotopic (exact) mass is 396 g/mol. The van der Waals surface area contributed by atoms with Crippen LogP contribution in [0.4, 0.5) is 0 Å². The molecule has 0 amide bonds. The minimum atomic E-state index is 0.206. The van der Waals surface area contributed by atoms with Crippen LogP contribution in [-0.4, -0.2) is 28.2 Å². The summed E-state index contributed by atoms with van der Waals surface area (Å²) in [5, 5.41) is 11.5. The van der Waals surface area contributed by atoms with E-state index in [1.54, 1.807) is 18.0 Å².